The second-order valence-corrected chi connectivity index (χ2v) is 12.9. The summed E-state index contributed by atoms with van der Waals surface area (Å²) in [4.78, 5) is 59.1. The van der Waals surface area contributed by atoms with Crippen molar-refractivity contribution in [3.05, 3.63) is 100 Å². The SMILES string of the molecule is Cc1cc([C@H]2C3=CC[C@@H]4C(=O)N(c5ccc(Cl)cc5)C(=O)[C@@H]4[C@@H]3C[C@H]3C(=O)N(c4ccccc4)C(=O)[C@@]23C)cc(C)c1O. The molecule has 3 aromatic carbocycles. The van der Waals surface area contributed by atoms with Crippen molar-refractivity contribution in [2.75, 3.05) is 9.80 Å². The number of phenols is 1. The Morgan fingerprint density at radius 1 is 0.814 bits per heavy atom. The normalized spacial score (nSPS) is 29.9. The molecule has 0 aromatic heterocycles. The highest BCUT2D eigenvalue weighted by atomic mass is 35.5. The summed E-state index contributed by atoms with van der Waals surface area (Å²) >= 11 is 6.08. The summed E-state index contributed by atoms with van der Waals surface area (Å²) < 4.78 is 0. The van der Waals surface area contributed by atoms with Gasteiger partial charge in [0.2, 0.25) is 23.6 Å². The first-order valence-electron chi connectivity index (χ1n) is 14.6. The summed E-state index contributed by atoms with van der Waals surface area (Å²) in [7, 11) is 0. The molecule has 43 heavy (non-hydrogen) atoms. The third-order valence-corrected chi connectivity index (χ3v) is 10.5. The van der Waals surface area contributed by atoms with Gasteiger partial charge in [0.15, 0.2) is 0 Å². The molecule has 4 aliphatic rings. The average molecular weight is 595 g/mol. The molecule has 3 aromatic rings. The third kappa shape index (κ3) is 3.80. The van der Waals surface area contributed by atoms with E-state index in [4.69, 9.17) is 11.6 Å². The molecule has 0 spiro atoms. The summed E-state index contributed by atoms with van der Waals surface area (Å²) in [5.74, 6) is -3.75. The lowest BCUT2D eigenvalue weighted by molar-refractivity contribution is -0.131. The first-order valence-corrected chi connectivity index (χ1v) is 15.0. The predicted molar refractivity (Wildman–Crippen MR) is 163 cm³/mol. The predicted octanol–water partition coefficient (Wildman–Crippen LogP) is 6.10. The van der Waals surface area contributed by atoms with Crippen molar-refractivity contribution in [1.29, 1.82) is 0 Å². The van der Waals surface area contributed by atoms with Gasteiger partial charge in [-0.3, -0.25) is 24.1 Å². The Hall–Kier alpha value is -4.23. The van der Waals surface area contributed by atoms with Gasteiger partial charge in [-0.25, -0.2) is 4.90 Å². The first-order chi connectivity index (χ1) is 20.5. The molecule has 1 saturated carbocycles. The molecule has 2 heterocycles. The molecular weight excluding hydrogens is 564 g/mol. The third-order valence-electron chi connectivity index (χ3n) is 10.2. The number of para-hydroxylation sites is 1. The molecule has 2 aliphatic carbocycles. The number of amides is 4. The average Bonchev–Trinajstić information content (AvgIpc) is 3.36. The van der Waals surface area contributed by atoms with Crippen LogP contribution in [0.4, 0.5) is 11.4 Å². The van der Waals surface area contributed by atoms with E-state index in [0.29, 0.717) is 33.9 Å². The Labute approximate surface area is 254 Å². The lowest BCUT2D eigenvalue weighted by Crippen LogP contribution is -2.49. The topological polar surface area (TPSA) is 95.0 Å². The van der Waals surface area contributed by atoms with Gasteiger partial charge >= 0.3 is 0 Å². The molecule has 0 unspecified atom stereocenters. The zero-order chi connectivity index (χ0) is 30.4. The zero-order valence-corrected chi connectivity index (χ0v) is 24.8. The number of aryl methyl sites for hydroxylation is 2. The maximum Gasteiger partial charge on any atom is 0.241 e. The zero-order valence-electron chi connectivity index (χ0n) is 24.1. The molecule has 2 aliphatic heterocycles. The standard InChI is InChI=1S/C35H31ClN2O5/c1-18-15-20(16-19(2)30(18)39)29-24-13-14-25-28(33(42)37(31(25)40)23-11-9-21(36)10-12-23)26(24)17-27-32(41)38(34(43)35(27,29)3)22-7-5-4-6-8-22/h4-13,15-16,25-29,39H,14,17H2,1-3H3/t25-,26+,27-,28-,29-,35+/m0/s1. The quantitative estimate of drug-likeness (QED) is 0.292. The van der Waals surface area contributed by atoms with Gasteiger partial charge in [-0.2, -0.15) is 0 Å². The fourth-order valence-corrected chi connectivity index (χ4v) is 8.35. The number of carbonyl (C=O) groups excluding carboxylic acids is 4. The number of imide groups is 2. The van der Waals surface area contributed by atoms with Gasteiger partial charge in [-0.15, -0.1) is 0 Å². The Morgan fingerprint density at radius 3 is 2.09 bits per heavy atom. The molecule has 4 amide bonds. The fraction of sp³-hybridized carbons (Fsp3) is 0.314. The van der Waals surface area contributed by atoms with Gasteiger partial charge in [0, 0.05) is 10.9 Å². The fourth-order valence-electron chi connectivity index (χ4n) is 8.22. The Bertz CT molecular complexity index is 1730. The van der Waals surface area contributed by atoms with Gasteiger partial charge in [-0.05, 0) is 92.6 Å². The minimum absolute atomic E-state index is 0.186. The number of hydrogen-bond donors (Lipinski definition) is 1. The lowest BCUT2D eigenvalue weighted by Gasteiger charge is -2.49. The molecule has 8 heteroatoms. The van der Waals surface area contributed by atoms with E-state index in [-0.39, 0.29) is 35.8 Å². The van der Waals surface area contributed by atoms with Crippen molar-refractivity contribution in [2.24, 2.45) is 29.1 Å². The maximum atomic E-state index is 14.5. The number of fused-ring (bicyclic) bond motifs is 4. The van der Waals surface area contributed by atoms with Crippen LogP contribution in [-0.4, -0.2) is 28.7 Å². The molecule has 3 fully saturated rings. The Balaban J connectivity index is 1.38. The molecular formula is C35H31ClN2O5. The van der Waals surface area contributed by atoms with Crippen LogP contribution in [0.1, 0.15) is 42.4 Å². The van der Waals surface area contributed by atoms with E-state index in [1.165, 1.54) is 9.80 Å². The molecule has 6 atom stereocenters. The number of halogens is 1. The largest absolute Gasteiger partial charge is 0.507 e. The number of benzene rings is 3. The van der Waals surface area contributed by atoms with E-state index >= 15 is 0 Å². The van der Waals surface area contributed by atoms with Crippen molar-refractivity contribution in [3.8, 4) is 5.75 Å². The Morgan fingerprint density at radius 2 is 1.44 bits per heavy atom. The maximum absolute atomic E-state index is 14.5. The summed E-state index contributed by atoms with van der Waals surface area (Å²) in [6.45, 7) is 5.50. The minimum Gasteiger partial charge on any atom is -0.507 e. The van der Waals surface area contributed by atoms with Crippen LogP contribution < -0.4 is 9.80 Å². The van der Waals surface area contributed by atoms with Gasteiger partial charge in [0.25, 0.3) is 0 Å². The van der Waals surface area contributed by atoms with Gasteiger partial charge < -0.3 is 5.11 Å². The summed E-state index contributed by atoms with van der Waals surface area (Å²) in [6.07, 6.45) is 2.69. The van der Waals surface area contributed by atoms with Gasteiger partial charge in [-0.1, -0.05) is 53.6 Å². The number of nitrogens with zero attached hydrogens (tertiary/aromatic N) is 2. The molecule has 218 valence electrons. The van der Waals surface area contributed by atoms with Crippen LogP contribution in [0.3, 0.4) is 0 Å². The van der Waals surface area contributed by atoms with Crippen molar-refractivity contribution >= 4 is 46.6 Å². The number of carbonyl (C=O) groups is 4. The van der Waals surface area contributed by atoms with Crippen LogP contribution in [0.5, 0.6) is 5.75 Å². The molecule has 0 bridgehead atoms. The smallest absolute Gasteiger partial charge is 0.241 e. The lowest BCUT2D eigenvalue weighted by atomic mass is 9.51. The first kappa shape index (κ1) is 27.6. The van der Waals surface area contributed by atoms with Crippen LogP contribution in [0.15, 0.2) is 78.4 Å². The van der Waals surface area contributed by atoms with Crippen molar-refractivity contribution in [1.82, 2.24) is 0 Å². The summed E-state index contributed by atoms with van der Waals surface area (Å²) in [5.41, 5.74) is 2.94. The number of rotatable bonds is 3. The number of anilines is 2. The number of hydrogen-bond acceptors (Lipinski definition) is 5. The van der Waals surface area contributed by atoms with E-state index < -0.39 is 35.0 Å². The highest BCUT2D eigenvalue weighted by Gasteiger charge is 2.67. The molecule has 7 rings (SSSR count). The van der Waals surface area contributed by atoms with Crippen molar-refractivity contribution in [2.45, 2.75) is 39.5 Å². The molecule has 7 nitrogen and oxygen atoms in total. The second kappa shape index (κ2) is 9.64. The van der Waals surface area contributed by atoms with Crippen LogP contribution in [0.25, 0.3) is 0 Å². The van der Waals surface area contributed by atoms with Crippen LogP contribution in [0, 0.1) is 42.9 Å². The van der Waals surface area contributed by atoms with Crippen molar-refractivity contribution < 1.29 is 24.3 Å². The van der Waals surface area contributed by atoms with E-state index in [0.717, 1.165) is 11.1 Å². The van der Waals surface area contributed by atoms with E-state index in [2.05, 4.69) is 0 Å². The second-order valence-electron chi connectivity index (χ2n) is 12.5. The summed E-state index contributed by atoms with van der Waals surface area (Å²) in [5, 5.41) is 11.1. The molecule has 0 radical (unpaired) electrons. The summed E-state index contributed by atoms with van der Waals surface area (Å²) in [6, 6.07) is 19.4. The number of phenolic OH excluding ortho intramolecular Hbond substituents is 1. The van der Waals surface area contributed by atoms with Gasteiger partial charge in [0.1, 0.15) is 5.75 Å². The van der Waals surface area contributed by atoms with Crippen LogP contribution in [0.2, 0.25) is 5.02 Å². The highest BCUT2D eigenvalue weighted by Crippen LogP contribution is 2.64. The van der Waals surface area contributed by atoms with E-state index in [9.17, 15) is 24.3 Å². The van der Waals surface area contributed by atoms with E-state index in [1.54, 1.807) is 48.5 Å². The molecule has 2 saturated heterocycles. The highest BCUT2D eigenvalue weighted by molar-refractivity contribution is 6.31. The van der Waals surface area contributed by atoms with Crippen molar-refractivity contribution in [3.63, 3.8) is 0 Å². The van der Waals surface area contributed by atoms with Crippen LogP contribution in [-0.2, 0) is 19.2 Å². The molecule has 1 N–H and O–H groups in total. The van der Waals surface area contributed by atoms with E-state index in [1.807, 2.05) is 45.0 Å². The van der Waals surface area contributed by atoms with Crippen LogP contribution >= 0.6 is 11.6 Å². The number of aromatic hydroxyl groups is 1. The Kier molecular flexibility index (Phi) is 6.19. The minimum atomic E-state index is -1.13. The van der Waals surface area contributed by atoms with Gasteiger partial charge in [0.05, 0.1) is 34.5 Å². The number of allylic oxidation sites excluding steroid dienone is 2. The monoisotopic (exact) mass is 594 g/mol.